The van der Waals surface area contributed by atoms with E-state index >= 15 is 0 Å². The van der Waals surface area contributed by atoms with Gasteiger partial charge in [0.25, 0.3) is 0 Å². The Morgan fingerprint density at radius 2 is 1.67 bits per heavy atom. The number of hydrogen-bond acceptors (Lipinski definition) is 3. The largest absolute Gasteiger partial charge is 0.335 e. The molecule has 0 aromatic rings. The quantitative estimate of drug-likeness (QED) is 0.721. The fourth-order valence-corrected chi connectivity index (χ4v) is 2.08. The van der Waals surface area contributed by atoms with Gasteiger partial charge >= 0.3 is 6.03 Å². The van der Waals surface area contributed by atoms with E-state index in [2.05, 4.69) is 0 Å². The lowest BCUT2D eigenvalue weighted by Crippen LogP contribution is -2.58. The van der Waals surface area contributed by atoms with Crippen LogP contribution in [0.5, 0.6) is 0 Å². The summed E-state index contributed by atoms with van der Waals surface area (Å²) >= 11 is 0. The van der Waals surface area contributed by atoms with Crippen LogP contribution in [0, 0.1) is 0 Å². The fourth-order valence-electron chi connectivity index (χ4n) is 2.08. The summed E-state index contributed by atoms with van der Waals surface area (Å²) in [7, 11) is 1.77. The number of fused-ring (bicyclic) bond motifs is 1. The Morgan fingerprint density at radius 1 is 1.11 bits per heavy atom. The van der Waals surface area contributed by atoms with Gasteiger partial charge in [-0.1, -0.05) is 27.7 Å². The van der Waals surface area contributed by atoms with Crippen LogP contribution >= 0.6 is 0 Å². The van der Waals surface area contributed by atoms with Crippen LogP contribution in [-0.4, -0.2) is 59.5 Å². The zero-order chi connectivity index (χ0) is 14.3. The van der Waals surface area contributed by atoms with Gasteiger partial charge in [0.15, 0.2) is 5.78 Å². The van der Waals surface area contributed by atoms with E-state index < -0.39 is 0 Å². The minimum absolute atomic E-state index is 0.0473. The number of carbonyl (C=O) groups is 2. The summed E-state index contributed by atoms with van der Waals surface area (Å²) in [5.74, 6) is 0.0798. The van der Waals surface area contributed by atoms with Gasteiger partial charge in [0, 0.05) is 26.7 Å². The lowest BCUT2D eigenvalue weighted by atomic mass is 10.1. The molecule has 1 unspecified atom stereocenters. The number of carbonyl (C=O) groups excluding carboxylic acids is 2. The minimum atomic E-state index is -0.231. The molecule has 0 bridgehead atoms. The van der Waals surface area contributed by atoms with Gasteiger partial charge in [-0.3, -0.25) is 4.79 Å². The highest BCUT2D eigenvalue weighted by atomic mass is 16.2. The van der Waals surface area contributed by atoms with Crippen LogP contribution in [0.1, 0.15) is 41.0 Å². The lowest BCUT2D eigenvalue weighted by Gasteiger charge is -2.39. The first kappa shape index (κ1) is 16.9. The molecule has 5 heteroatoms. The van der Waals surface area contributed by atoms with Crippen molar-refractivity contribution in [2.75, 3.05) is 26.7 Å². The van der Waals surface area contributed by atoms with E-state index in [1.54, 1.807) is 23.9 Å². The minimum Gasteiger partial charge on any atom is -0.325 e. The summed E-state index contributed by atoms with van der Waals surface area (Å²) < 4.78 is 0. The molecule has 1 atom stereocenters. The maximum atomic E-state index is 11.8. The molecule has 0 N–H and O–H groups in total. The third-order valence-corrected chi connectivity index (χ3v) is 2.95. The van der Waals surface area contributed by atoms with Crippen LogP contribution in [-0.2, 0) is 4.79 Å². The Bertz CT molecular complexity index is 281. The van der Waals surface area contributed by atoms with Crippen molar-refractivity contribution in [2.24, 2.45) is 0 Å². The third-order valence-electron chi connectivity index (χ3n) is 2.95. The Hall–Kier alpha value is -1.10. The Balaban J connectivity index is 0.000000659. The summed E-state index contributed by atoms with van der Waals surface area (Å²) in [6.45, 7) is 12.0. The first-order valence-electron chi connectivity index (χ1n) is 6.91. The van der Waals surface area contributed by atoms with Crippen LogP contribution < -0.4 is 0 Å². The van der Waals surface area contributed by atoms with Crippen LogP contribution in [0.4, 0.5) is 4.79 Å². The Morgan fingerprint density at radius 3 is 2.17 bits per heavy atom. The third kappa shape index (κ3) is 3.45. The standard InChI is InChI=1S/C9H15N3O2.2C2H6/c1-7(13)8-3-4-11-6-5-10(2)9(14)12(8)11;2*1-2/h8H,3-6H2,1-2H3;2*1-2H3. The zero-order valence-corrected chi connectivity index (χ0v) is 12.6. The molecule has 18 heavy (non-hydrogen) atoms. The molecule has 0 spiro atoms. The number of rotatable bonds is 1. The van der Waals surface area contributed by atoms with E-state index in [4.69, 9.17) is 0 Å². The molecule has 2 aliphatic rings. The average molecular weight is 257 g/mol. The van der Waals surface area contributed by atoms with E-state index in [-0.39, 0.29) is 17.9 Å². The summed E-state index contributed by atoms with van der Waals surface area (Å²) in [4.78, 5) is 24.8. The SMILES string of the molecule is CC.CC.CC(=O)C1CCN2CCN(C)C(=O)N12. The van der Waals surface area contributed by atoms with Gasteiger partial charge < -0.3 is 4.90 Å². The number of Topliss-reactive ketones (excluding diaryl/α,β-unsaturated/α-hetero) is 1. The molecule has 0 aromatic heterocycles. The fraction of sp³-hybridized carbons (Fsp3) is 0.846. The molecule has 0 saturated carbocycles. The van der Waals surface area contributed by atoms with Crippen molar-refractivity contribution in [1.82, 2.24) is 14.9 Å². The number of hydrazine groups is 1. The summed E-state index contributed by atoms with van der Waals surface area (Å²) in [6, 6.07) is -0.279. The topological polar surface area (TPSA) is 43.9 Å². The number of likely N-dealkylation sites (N-methyl/N-ethyl adjacent to an activating group) is 1. The number of hydrogen-bond donors (Lipinski definition) is 0. The van der Waals surface area contributed by atoms with Gasteiger partial charge in [-0.25, -0.2) is 14.8 Å². The normalized spacial score (nSPS) is 22.6. The van der Waals surface area contributed by atoms with Crippen molar-refractivity contribution in [1.29, 1.82) is 0 Å². The number of amides is 2. The van der Waals surface area contributed by atoms with E-state index in [0.717, 1.165) is 26.1 Å². The van der Waals surface area contributed by atoms with Crippen molar-refractivity contribution < 1.29 is 9.59 Å². The molecule has 2 saturated heterocycles. The van der Waals surface area contributed by atoms with Crippen molar-refractivity contribution in [3.63, 3.8) is 0 Å². The van der Waals surface area contributed by atoms with Crippen molar-refractivity contribution in [3.8, 4) is 0 Å². The maximum Gasteiger partial charge on any atom is 0.335 e. The van der Waals surface area contributed by atoms with Gasteiger partial charge in [-0.2, -0.15) is 0 Å². The molecular weight excluding hydrogens is 230 g/mol. The first-order valence-corrected chi connectivity index (χ1v) is 6.91. The molecule has 0 aromatic carbocycles. The van der Waals surface area contributed by atoms with Crippen LogP contribution in [0.15, 0.2) is 0 Å². The second kappa shape index (κ2) is 8.08. The van der Waals surface area contributed by atoms with Gasteiger partial charge in [0.1, 0.15) is 6.04 Å². The second-order valence-electron chi connectivity index (χ2n) is 3.92. The van der Waals surface area contributed by atoms with E-state index in [9.17, 15) is 9.59 Å². The summed E-state index contributed by atoms with van der Waals surface area (Å²) in [5.41, 5.74) is 0. The molecule has 2 fully saturated rings. The molecular formula is C13H27N3O2. The van der Waals surface area contributed by atoms with Crippen molar-refractivity contribution >= 4 is 11.8 Å². The van der Waals surface area contributed by atoms with Gasteiger partial charge in [0.05, 0.1) is 0 Å². The molecule has 0 aliphatic carbocycles. The number of ketones is 1. The monoisotopic (exact) mass is 257 g/mol. The highest BCUT2D eigenvalue weighted by Gasteiger charge is 2.41. The second-order valence-corrected chi connectivity index (χ2v) is 3.92. The zero-order valence-electron chi connectivity index (χ0n) is 12.6. The van der Waals surface area contributed by atoms with E-state index in [1.165, 1.54) is 0 Å². The molecule has 2 rings (SSSR count). The predicted octanol–water partition coefficient (Wildman–Crippen LogP) is 1.98. The first-order chi connectivity index (χ1) is 8.61. The van der Waals surface area contributed by atoms with Gasteiger partial charge in [-0.05, 0) is 13.3 Å². The number of urea groups is 1. The number of nitrogens with zero attached hydrogens (tertiary/aromatic N) is 3. The molecule has 2 amide bonds. The maximum absolute atomic E-state index is 11.8. The smallest absolute Gasteiger partial charge is 0.325 e. The Labute approximate surface area is 111 Å². The van der Waals surface area contributed by atoms with Crippen LogP contribution in [0.25, 0.3) is 0 Å². The summed E-state index contributed by atoms with van der Waals surface area (Å²) in [5, 5.41) is 3.60. The van der Waals surface area contributed by atoms with Crippen LogP contribution in [0.2, 0.25) is 0 Å². The average Bonchev–Trinajstić information content (AvgIpc) is 2.83. The van der Waals surface area contributed by atoms with Crippen molar-refractivity contribution in [2.45, 2.75) is 47.1 Å². The van der Waals surface area contributed by atoms with E-state index in [1.807, 2.05) is 32.7 Å². The molecule has 106 valence electrons. The van der Waals surface area contributed by atoms with Gasteiger partial charge in [-0.15, -0.1) is 0 Å². The highest BCUT2D eigenvalue weighted by molar-refractivity contribution is 5.87. The highest BCUT2D eigenvalue weighted by Crippen LogP contribution is 2.23. The summed E-state index contributed by atoms with van der Waals surface area (Å²) in [6.07, 6.45) is 0.773. The van der Waals surface area contributed by atoms with Crippen molar-refractivity contribution in [3.05, 3.63) is 0 Å². The molecule has 0 radical (unpaired) electrons. The molecule has 5 nitrogen and oxygen atoms in total. The van der Waals surface area contributed by atoms with Crippen LogP contribution in [0.3, 0.4) is 0 Å². The predicted molar refractivity (Wildman–Crippen MR) is 73.2 cm³/mol. The van der Waals surface area contributed by atoms with Gasteiger partial charge in [0.2, 0.25) is 0 Å². The molecule has 2 aliphatic heterocycles. The Kier molecular flexibility index (Phi) is 7.59. The van der Waals surface area contributed by atoms with E-state index in [0.29, 0.717) is 0 Å². The lowest BCUT2D eigenvalue weighted by molar-refractivity contribution is -0.124. The molecule has 2 heterocycles.